The molecular formula is C15H18N2O3. The zero-order valence-corrected chi connectivity index (χ0v) is 11.5. The predicted octanol–water partition coefficient (Wildman–Crippen LogP) is 1.67. The summed E-state index contributed by atoms with van der Waals surface area (Å²) in [7, 11) is 2.06. The highest BCUT2D eigenvalue weighted by atomic mass is 16.5. The van der Waals surface area contributed by atoms with Crippen molar-refractivity contribution in [1.82, 2.24) is 9.47 Å². The molecule has 1 fully saturated rings. The lowest BCUT2D eigenvalue weighted by atomic mass is 10.2. The molecule has 0 aliphatic carbocycles. The van der Waals surface area contributed by atoms with E-state index in [1.54, 1.807) is 6.07 Å². The first-order valence-electron chi connectivity index (χ1n) is 6.77. The van der Waals surface area contributed by atoms with Gasteiger partial charge < -0.3 is 19.3 Å². The van der Waals surface area contributed by atoms with Crippen LogP contribution in [-0.4, -0.2) is 53.4 Å². The lowest BCUT2D eigenvalue weighted by Crippen LogP contribution is -2.42. The highest BCUT2D eigenvalue weighted by Crippen LogP contribution is 2.21. The van der Waals surface area contributed by atoms with Crippen LogP contribution >= 0.6 is 0 Å². The molecule has 2 aromatic rings. The highest BCUT2D eigenvalue weighted by Gasteiger charge is 2.22. The second-order valence-corrected chi connectivity index (χ2v) is 5.26. The Morgan fingerprint density at radius 3 is 3.00 bits per heavy atom. The van der Waals surface area contributed by atoms with E-state index in [1.165, 1.54) is 0 Å². The van der Waals surface area contributed by atoms with Crippen molar-refractivity contribution in [3.8, 4) is 0 Å². The molecule has 1 atom stereocenters. The summed E-state index contributed by atoms with van der Waals surface area (Å²) in [5.74, 6) is -0.898. The summed E-state index contributed by atoms with van der Waals surface area (Å²) in [5, 5.41) is 10.3. The Labute approximate surface area is 117 Å². The van der Waals surface area contributed by atoms with Gasteiger partial charge in [-0.1, -0.05) is 18.2 Å². The number of nitrogens with zero attached hydrogens (tertiary/aromatic N) is 2. The van der Waals surface area contributed by atoms with Gasteiger partial charge in [0.15, 0.2) is 0 Å². The van der Waals surface area contributed by atoms with Crippen LogP contribution in [0.15, 0.2) is 30.3 Å². The zero-order chi connectivity index (χ0) is 14.1. The summed E-state index contributed by atoms with van der Waals surface area (Å²) in [6, 6.07) is 9.46. The summed E-state index contributed by atoms with van der Waals surface area (Å²) in [6.07, 6.45) is 0.0302. The van der Waals surface area contributed by atoms with E-state index in [4.69, 9.17) is 4.74 Å². The Balaban J connectivity index is 1.96. The topological polar surface area (TPSA) is 54.7 Å². The van der Waals surface area contributed by atoms with Crippen LogP contribution in [0.25, 0.3) is 10.9 Å². The maximum Gasteiger partial charge on any atom is 0.352 e. The predicted molar refractivity (Wildman–Crippen MR) is 76.1 cm³/mol. The van der Waals surface area contributed by atoms with Crippen molar-refractivity contribution < 1.29 is 14.6 Å². The highest BCUT2D eigenvalue weighted by molar-refractivity contribution is 5.94. The summed E-state index contributed by atoms with van der Waals surface area (Å²) in [4.78, 5) is 13.6. The van der Waals surface area contributed by atoms with Gasteiger partial charge in [0.2, 0.25) is 0 Å². The van der Waals surface area contributed by atoms with Crippen LogP contribution in [0.4, 0.5) is 0 Å². The Morgan fingerprint density at radius 1 is 1.45 bits per heavy atom. The Hall–Kier alpha value is -1.85. The van der Waals surface area contributed by atoms with Crippen molar-refractivity contribution in [3.05, 3.63) is 36.0 Å². The fraction of sp³-hybridized carbons (Fsp3) is 0.400. The molecule has 0 amide bonds. The number of carboxylic acids is 1. The molecule has 0 saturated carbocycles. The van der Waals surface area contributed by atoms with Crippen molar-refractivity contribution in [2.45, 2.75) is 12.6 Å². The van der Waals surface area contributed by atoms with Crippen molar-refractivity contribution in [3.63, 3.8) is 0 Å². The third kappa shape index (κ3) is 2.42. The van der Waals surface area contributed by atoms with Gasteiger partial charge in [0.05, 0.1) is 19.3 Å². The van der Waals surface area contributed by atoms with Crippen LogP contribution < -0.4 is 0 Å². The minimum atomic E-state index is -0.898. The third-order valence-corrected chi connectivity index (χ3v) is 3.76. The number of likely N-dealkylation sites (N-methyl/N-ethyl adjacent to an activating group) is 1. The summed E-state index contributed by atoms with van der Waals surface area (Å²) >= 11 is 0. The normalized spacial score (nSPS) is 20.4. The molecule has 1 aliphatic rings. The Bertz CT molecular complexity index is 635. The van der Waals surface area contributed by atoms with E-state index in [9.17, 15) is 9.90 Å². The lowest BCUT2D eigenvalue weighted by molar-refractivity contribution is -0.0272. The number of aromatic carboxylic acids is 1. The Kier molecular flexibility index (Phi) is 3.46. The summed E-state index contributed by atoms with van der Waals surface area (Å²) in [6.45, 7) is 3.02. The molecule has 0 bridgehead atoms. The van der Waals surface area contributed by atoms with Crippen molar-refractivity contribution in [1.29, 1.82) is 0 Å². The first kappa shape index (κ1) is 13.1. The van der Waals surface area contributed by atoms with Gasteiger partial charge in [-0.3, -0.25) is 0 Å². The van der Waals surface area contributed by atoms with E-state index in [2.05, 4.69) is 11.9 Å². The van der Waals surface area contributed by atoms with E-state index in [0.29, 0.717) is 18.8 Å². The molecule has 20 heavy (non-hydrogen) atoms. The van der Waals surface area contributed by atoms with Crippen LogP contribution in [0.1, 0.15) is 10.5 Å². The molecule has 1 unspecified atom stereocenters. The monoisotopic (exact) mass is 274 g/mol. The van der Waals surface area contributed by atoms with Crippen molar-refractivity contribution in [2.75, 3.05) is 26.7 Å². The van der Waals surface area contributed by atoms with Gasteiger partial charge >= 0.3 is 5.97 Å². The molecule has 5 nitrogen and oxygen atoms in total. The van der Waals surface area contributed by atoms with E-state index >= 15 is 0 Å². The first-order valence-corrected chi connectivity index (χ1v) is 6.77. The molecule has 5 heteroatoms. The third-order valence-electron chi connectivity index (χ3n) is 3.76. The molecule has 1 N–H and O–H groups in total. The number of carboxylic acid groups (broad SMARTS) is 1. The molecule has 1 aromatic carbocycles. The second kappa shape index (κ2) is 5.26. The number of ether oxygens (including phenoxy) is 1. The number of rotatable bonds is 3. The first-order chi connectivity index (χ1) is 9.65. The van der Waals surface area contributed by atoms with Gasteiger partial charge in [0.1, 0.15) is 5.69 Å². The molecule has 106 valence electrons. The molecule has 2 heterocycles. The number of aromatic nitrogens is 1. The molecular weight excluding hydrogens is 256 g/mol. The van der Waals surface area contributed by atoms with Gasteiger partial charge in [-0.2, -0.15) is 0 Å². The number of hydrogen-bond donors (Lipinski definition) is 1. The molecule has 0 spiro atoms. The van der Waals surface area contributed by atoms with Crippen LogP contribution in [0.5, 0.6) is 0 Å². The number of carbonyl (C=O) groups is 1. The number of hydrogen-bond acceptors (Lipinski definition) is 3. The Morgan fingerprint density at radius 2 is 2.25 bits per heavy atom. The molecule has 1 saturated heterocycles. The average Bonchev–Trinajstić information content (AvgIpc) is 2.78. The maximum absolute atomic E-state index is 11.4. The van der Waals surface area contributed by atoms with Crippen LogP contribution in [0, 0.1) is 0 Å². The van der Waals surface area contributed by atoms with Crippen molar-refractivity contribution >= 4 is 16.9 Å². The van der Waals surface area contributed by atoms with Crippen LogP contribution in [0.3, 0.4) is 0 Å². The largest absolute Gasteiger partial charge is 0.477 e. The van der Waals surface area contributed by atoms with E-state index in [1.807, 2.05) is 28.8 Å². The van der Waals surface area contributed by atoms with E-state index in [0.717, 1.165) is 24.0 Å². The molecule has 1 aliphatic heterocycles. The average molecular weight is 274 g/mol. The number of morpholine rings is 1. The SMILES string of the molecule is CN1CCOC(Cn2c(C(=O)O)cc3ccccc32)C1. The van der Waals surface area contributed by atoms with Gasteiger partial charge in [0, 0.05) is 24.0 Å². The summed E-state index contributed by atoms with van der Waals surface area (Å²) < 4.78 is 7.60. The van der Waals surface area contributed by atoms with Crippen molar-refractivity contribution in [2.24, 2.45) is 0 Å². The van der Waals surface area contributed by atoms with Gasteiger partial charge in [-0.25, -0.2) is 4.79 Å². The quantitative estimate of drug-likeness (QED) is 0.925. The number of fused-ring (bicyclic) bond motifs is 1. The summed E-state index contributed by atoms with van der Waals surface area (Å²) in [5.41, 5.74) is 1.27. The maximum atomic E-state index is 11.4. The van der Waals surface area contributed by atoms with Gasteiger partial charge in [0.25, 0.3) is 0 Å². The fourth-order valence-corrected chi connectivity index (χ4v) is 2.77. The lowest BCUT2D eigenvalue weighted by Gasteiger charge is -2.30. The molecule has 0 radical (unpaired) electrons. The van der Waals surface area contributed by atoms with Gasteiger partial charge in [-0.15, -0.1) is 0 Å². The van der Waals surface area contributed by atoms with Crippen LogP contribution in [-0.2, 0) is 11.3 Å². The molecule has 3 rings (SSSR count). The minimum Gasteiger partial charge on any atom is -0.477 e. The zero-order valence-electron chi connectivity index (χ0n) is 11.5. The minimum absolute atomic E-state index is 0.0302. The molecule has 1 aromatic heterocycles. The smallest absolute Gasteiger partial charge is 0.352 e. The van der Waals surface area contributed by atoms with Crippen LogP contribution in [0.2, 0.25) is 0 Å². The van der Waals surface area contributed by atoms with E-state index < -0.39 is 5.97 Å². The second-order valence-electron chi connectivity index (χ2n) is 5.26. The van der Waals surface area contributed by atoms with E-state index in [-0.39, 0.29) is 6.10 Å². The number of para-hydroxylation sites is 1. The standard InChI is InChI=1S/C15H18N2O3/c1-16-6-7-20-12(9-16)10-17-13-5-3-2-4-11(13)8-14(17)15(18)19/h2-5,8,12H,6-7,9-10H2,1H3,(H,18,19). The van der Waals surface area contributed by atoms with Gasteiger partial charge in [-0.05, 0) is 19.2 Å². The number of benzene rings is 1. The fourth-order valence-electron chi connectivity index (χ4n) is 2.77.